The van der Waals surface area contributed by atoms with Gasteiger partial charge in [-0.1, -0.05) is 23.7 Å². The first-order valence-electron chi connectivity index (χ1n) is 11.0. The third-order valence-corrected chi connectivity index (χ3v) is 6.17. The molecule has 1 heterocycles. The van der Waals surface area contributed by atoms with Crippen molar-refractivity contribution in [3.63, 3.8) is 0 Å². The Morgan fingerprint density at radius 2 is 1.71 bits per heavy atom. The molecule has 0 radical (unpaired) electrons. The molecule has 3 aromatic carbocycles. The summed E-state index contributed by atoms with van der Waals surface area (Å²) in [5.41, 5.74) is 1.91. The zero-order chi connectivity index (χ0) is 24.9. The van der Waals surface area contributed by atoms with Gasteiger partial charge in [0.05, 0.1) is 18.7 Å². The molecule has 1 atom stereocenters. The third-order valence-electron chi connectivity index (χ3n) is 5.50. The molecular weight excluding hydrogens is 489 g/mol. The van der Waals surface area contributed by atoms with E-state index in [0.29, 0.717) is 28.8 Å². The van der Waals surface area contributed by atoms with E-state index in [4.69, 9.17) is 28.6 Å². The Balaban J connectivity index is 1.56. The van der Waals surface area contributed by atoms with Gasteiger partial charge >= 0.3 is 0 Å². The van der Waals surface area contributed by atoms with Crippen molar-refractivity contribution in [3.8, 4) is 5.75 Å². The van der Waals surface area contributed by atoms with Crippen LogP contribution in [-0.2, 0) is 16.1 Å². The molecule has 0 spiro atoms. The molecule has 1 aliphatic heterocycles. The van der Waals surface area contributed by atoms with Gasteiger partial charge in [-0.05, 0) is 85.4 Å². The van der Waals surface area contributed by atoms with E-state index in [0.717, 1.165) is 5.56 Å². The van der Waals surface area contributed by atoms with Gasteiger partial charge in [0.1, 0.15) is 17.6 Å². The lowest BCUT2D eigenvalue weighted by Crippen LogP contribution is -2.37. The summed E-state index contributed by atoms with van der Waals surface area (Å²) >= 11 is 11.7. The number of amides is 2. The Labute approximate surface area is 213 Å². The number of nitrogens with zero attached hydrogens (tertiary/aromatic N) is 2. The van der Waals surface area contributed by atoms with Crippen molar-refractivity contribution < 1.29 is 18.7 Å². The van der Waals surface area contributed by atoms with Crippen LogP contribution in [0.3, 0.4) is 0 Å². The number of thiocarbonyl (C=S) groups is 1. The van der Waals surface area contributed by atoms with Crippen molar-refractivity contribution in [2.24, 2.45) is 0 Å². The van der Waals surface area contributed by atoms with Crippen LogP contribution in [0.5, 0.6) is 5.75 Å². The van der Waals surface area contributed by atoms with Crippen LogP contribution in [0.25, 0.3) is 0 Å². The first-order valence-corrected chi connectivity index (χ1v) is 11.8. The number of nitrogens with one attached hydrogen (secondary N) is 1. The van der Waals surface area contributed by atoms with Crippen LogP contribution in [0.1, 0.15) is 18.9 Å². The van der Waals surface area contributed by atoms with Gasteiger partial charge in [0.15, 0.2) is 5.11 Å². The van der Waals surface area contributed by atoms with Gasteiger partial charge in [0, 0.05) is 17.3 Å². The molecule has 2 amide bonds. The molecule has 3 aromatic rings. The standard InChI is InChI=1S/C26H23ClFN3O3S/c1-2-34-22-13-9-20(10-14-22)29-24(32)15-23-25(33)31(21-11-5-18(27)6-12-21)26(35)30(23)16-17-3-7-19(28)8-4-17/h3-14,23H,2,15-16H2,1H3,(H,29,32)/t23-/m1/s1. The van der Waals surface area contributed by atoms with E-state index in [1.807, 2.05) is 6.92 Å². The maximum atomic E-state index is 13.5. The highest BCUT2D eigenvalue weighted by Gasteiger charge is 2.44. The fourth-order valence-corrected chi connectivity index (χ4v) is 4.33. The van der Waals surface area contributed by atoms with E-state index < -0.39 is 6.04 Å². The number of carbonyl (C=O) groups is 2. The van der Waals surface area contributed by atoms with E-state index in [2.05, 4.69) is 5.32 Å². The highest BCUT2D eigenvalue weighted by atomic mass is 35.5. The molecule has 1 saturated heterocycles. The molecule has 0 unspecified atom stereocenters. The van der Waals surface area contributed by atoms with Crippen LogP contribution in [0.4, 0.5) is 15.8 Å². The highest BCUT2D eigenvalue weighted by Crippen LogP contribution is 2.30. The monoisotopic (exact) mass is 511 g/mol. The molecule has 1 N–H and O–H groups in total. The molecule has 180 valence electrons. The largest absolute Gasteiger partial charge is 0.494 e. The molecule has 0 aliphatic carbocycles. The van der Waals surface area contributed by atoms with Crippen LogP contribution in [0.2, 0.25) is 5.02 Å². The van der Waals surface area contributed by atoms with Crippen LogP contribution in [0, 0.1) is 5.82 Å². The van der Waals surface area contributed by atoms with Gasteiger partial charge in [0.2, 0.25) is 5.91 Å². The average molecular weight is 512 g/mol. The van der Waals surface area contributed by atoms with Gasteiger partial charge in [-0.25, -0.2) is 4.39 Å². The first-order chi connectivity index (χ1) is 16.9. The molecule has 35 heavy (non-hydrogen) atoms. The summed E-state index contributed by atoms with van der Waals surface area (Å²) in [7, 11) is 0. The Hall–Kier alpha value is -3.49. The van der Waals surface area contributed by atoms with E-state index in [-0.39, 0.29) is 35.7 Å². The van der Waals surface area contributed by atoms with Gasteiger partial charge in [0.25, 0.3) is 5.91 Å². The predicted octanol–water partition coefficient (Wildman–Crippen LogP) is 5.41. The average Bonchev–Trinajstić information content (AvgIpc) is 3.06. The van der Waals surface area contributed by atoms with Crippen molar-refractivity contribution in [1.82, 2.24) is 4.90 Å². The van der Waals surface area contributed by atoms with Crippen LogP contribution < -0.4 is 15.0 Å². The number of hydrogen-bond donors (Lipinski definition) is 1. The van der Waals surface area contributed by atoms with Crippen molar-refractivity contribution >= 4 is 52.1 Å². The van der Waals surface area contributed by atoms with Crippen LogP contribution >= 0.6 is 23.8 Å². The summed E-state index contributed by atoms with van der Waals surface area (Å²) in [6.45, 7) is 2.68. The molecule has 9 heteroatoms. The van der Waals surface area contributed by atoms with Gasteiger partial charge in [-0.3, -0.25) is 14.5 Å². The fraction of sp³-hybridized carbons (Fsp3) is 0.192. The van der Waals surface area contributed by atoms with Gasteiger partial charge in [-0.15, -0.1) is 0 Å². The maximum absolute atomic E-state index is 13.5. The molecule has 1 fully saturated rings. The number of carbonyl (C=O) groups excluding carboxylic acids is 2. The molecule has 0 saturated carbocycles. The molecular formula is C26H23ClFN3O3S. The summed E-state index contributed by atoms with van der Waals surface area (Å²) in [4.78, 5) is 29.5. The smallest absolute Gasteiger partial charge is 0.256 e. The third kappa shape index (κ3) is 5.78. The second-order valence-corrected chi connectivity index (χ2v) is 8.71. The number of halogens is 2. The van der Waals surface area contributed by atoms with Crippen molar-refractivity contribution in [2.75, 3.05) is 16.8 Å². The Bertz CT molecular complexity index is 1220. The maximum Gasteiger partial charge on any atom is 0.256 e. The van der Waals surface area contributed by atoms with Crippen LogP contribution in [-0.4, -0.2) is 34.5 Å². The summed E-state index contributed by atoms with van der Waals surface area (Å²) in [5, 5.41) is 3.62. The minimum Gasteiger partial charge on any atom is -0.494 e. The van der Waals surface area contributed by atoms with Gasteiger partial charge in [-0.2, -0.15) is 0 Å². The minimum atomic E-state index is -0.828. The molecule has 4 rings (SSSR count). The summed E-state index contributed by atoms with van der Waals surface area (Å²) < 4.78 is 18.8. The lowest BCUT2D eigenvalue weighted by molar-refractivity contribution is -0.124. The Kier molecular flexibility index (Phi) is 7.63. The molecule has 6 nitrogen and oxygen atoms in total. The zero-order valence-electron chi connectivity index (χ0n) is 18.9. The van der Waals surface area contributed by atoms with Crippen LogP contribution in [0.15, 0.2) is 72.8 Å². The summed E-state index contributed by atoms with van der Waals surface area (Å²) in [5.74, 6) is -0.313. The lowest BCUT2D eigenvalue weighted by atomic mass is 10.1. The topological polar surface area (TPSA) is 61.9 Å². The van der Waals surface area contributed by atoms with E-state index >= 15 is 0 Å². The SMILES string of the molecule is CCOc1ccc(NC(=O)C[C@@H]2C(=O)N(c3ccc(Cl)cc3)C(=S)N2Cc2ccc(F)cc2)cc1. The minimum absolute atomic E-state index is 0.114. The second-order valence-electron chi connectivity index (χ2n) is 7.91. The van der Waals surface area contributed by atoms with E-state index in [1.54, 1.807) is 65.6 Å². The first kappa shape index (κ1) is 24.6. The Morgan fingerprint density at radius 3 is 2.34 bits per heavy atom. The lowest BCUT2D eigenvalue weighted by Gasteiger charge is -2.24. The summed E-state index contributed by atoms with van der Waals surface area (Å²) in [6.07, 6.45) is -0.114. The van der Waals surface area contributed by atoms with Crippen molar-refractivity contribution in [3.05, 3.63) is 89.2 Å². The van der Waals surface area contributed by atoms with Crippen molar-refractivity contribution in [1.29, 1.82) is 0 Å². The zero-order valence-corrected chi connectivity index (χ0v) is 20.5. The fourth-order valence-electron chi connectivity index (χ4n) is 3.82. The number of hydrogen-bond acceptors (Lipinski definition) is 4. The summed E-state index contributed by atoms with van der Waals surface area (Å²) in [6, 6.07) is 18.9. The quantitative estimate of drug-likeness (QED) is 0.410. The highest BCUT2D eigenvalue weighted by molar-refractivity contribution is 7.80. The number of ether oxygens (including phenoxy) is 1. The number of anilines is 2. The molecule has 0 bridgehead atoms. The number of rotatable bonds is 8. The van der Waals surface area contributed by atoms with E-state index in [1.165, 1.54) is 17.0 Å². The predicted molar refractivity (Wildman–Crippen MR) is 138 cm³/mol. The normalized spacial score (nSPS) is 15.5. The number of benzene rings is 3. The van der Waals surface area contributed by atoms with Gasteiger partial charge < -0.3 is 15.0 Å². The van der Waals surface area contributed by atoms with Crippen molar-refractivity contribution in [2.45, 2.75) is 25.9 Å². The molecule has 0 aromatic heterocycles. The van der Waals surface area contributed by atoms with E-state index in [9.17, 15) is 14.0 Å². The molecule has 1 aliphatic rings. The second kappa shape index (κ2) is 10.8. The Morgan fingerprint density at radius 1 is 1.06 bits per heavy atom.